The fourth-order valence-electron chi connectivity index (χ4n) is 2.71. The molecule has 3 aromatic rings. The summed E-state index contributed by atoms with van der Waals surface area (Å²) >= 11 is 0. The lowest BCUT2D eigenvalue weighted by Gasteiger charge is -2.12. The molecular formula is C20H23N3O. The van der Waals surface area contributed by atoms with Crippen molar-refractivity contribution in [1.29, 1.82) is 0 Å². The molecule has 0 spiro atoms. The molecule has 0 aliphatic heterocycles. The zero-order valence-electron chi connectivity index (χ0n) is 14.3. The Morgan fingerprint density at radius 1 is 1.12 bits per heavy atom. The van der Waals surface area contributed by atoms with Gasteiger partial charge in [0.15, 0.2) is 0 Å². The highest BCUT2D eigenvalue weighted by molar-refractivity contribution is 5.92. The van der Waals surface area contributed by atoms with Gasteiger partial charge in [-0.05, 0) is 36.2 Å². The van der Waals surface area contributed by atoms with Crippen molar-refractivity contribution in [2.45, 2.75) is 33.1 Å². The van der Waals surface area contributed by atoms with Crippen LogP contribution in [0.25, 0.3) is 11.0 Å². The minimum Gasteiger partial charge on any atom is -0.342 e. The van der Waals surface area contributed by atoms with Gasteiger partial charge in [0.25, 0.3) is 0 Å². The van der Waals surface area contributed by atoms with E-state index < -0.39 is 0 Å². The number of para-hydroxylation sites is 1. The van der Waals surface area contributed by atoms with Crippen LogP contribution in [0.1, 0.15) is 38.1 Å². The molecule has 0 fully saturated rings. The topological polar surface area (TPSA) is 57.8 Å². The fraction of sp³-hybridized carbons (Fsp3) is 0.300. The normalized spacial score (nSPS) is 12.5. The Kier molecular flexibility index (Phi) is 4.65. The van der Waals surface area contributed by atoms with E-state index in [0.717, 1.165) is 28.1 Å². The molecule has 3 rings (SSSR count). The summed E-state index contributed by atoms with van der Waals surface area (Å²) in [5.41, 5.74) is 3.98. The van der Waals surface area contributed by atoms with Crippen molar-refractivity contribution in [3.8, 4) is 0 Å². The maximum absolute atomic E-state index is 12.3. The standard InChI is InChI=1S/C20H23N3O/c1-13(2)19-22-17-10-9-15(12-18(17)23-19)11-14(3)20(24)21-16-7-5-4-6-8-16/h4-10,12-14H,11H2,1-3H3,(H,21,24)(H,22,23). The lowest BCUT2D eigenvalue weighted by Crippen LogP contribution is -2.22. The van der Waals surface area contributed by atoms with E-state index in [9.17, 15) is 4.79 Å². The van der Waals surface area contributed by atoms with Crippen LogP contribution in [0.2, 0.25) is 0 Å². The number of carbonyl (C=O) groups excluding carboxylic acids is 1. The first kappa shape index (κ1) is 16.2. The first-order chi connectivity index (χ1) is 11.5. The maximum Gasteiger partial charge on any atom is 0.227 e. The molecule has 1 atom stereocenters. The Bertz CT molecular complexity index is 836. The number of benzene rings is 2. The number of anilines is 1. The van der Waals surface area contributed by atoms with Crippen LogP contribution < -0.4 is 5.32 Å². The average Bonchev–Trinajstić information content (AvgIpc) is 2.99. The van der Waals surface area contributed by atoms with Gasteiger partial charge in [0, 0.05) is 17.5 Å². The van der Waals surface area contributed by atoms with E-state index in [4.69, 9.17) is 0 Å². The van der Waals surface area contributed by atoms with Crippen molar-refractivity contribution in [2.24, 2.45) is 5.92 Å². The van der Waals surface area contributed by atoms with Crippen molar-refractivity contribution < 1.29 is 4.79 Å². The van der Waals surface area contributed by atoms with Gasteiger partial charge >= 0.3 is 0 Å². The van der Waals surface area contributed by atoms with Gasteiger partial charge in [-0.2, -0.15) is 0 Å². The Morgan fingerprint density at radius 2 is 1.88 bits per heavy atom. The Morgan fingerprint density at radius 3 is 2.58 bits per heavy atom. The predicted molar refractivity (Wildman–Crippen MR) is 98.1 cm³/mol. The number of carbonyl (C=O) groups is 1. The number of aromatic amines is 1. The highest BCUT2D eigenvalue weighted by atomic mass is 16.1. The number of H-pyrrole nitrogens is 1. The summed E-state index contributed by atoms with van der Waals surface area (Å²) in [7, 11) is 0. The van der Waals surface area contributed by atoms with Crippen molar-refractivity contribution >= 4 is 22.6 Å². The van der Waals surface area contributed by atoms with Crippen LogP contribution in [0.5, 0.6) is 0 Å². The van der Waals surface area contributed by atoms with E-state index in [0.29, 0.717) is 12.3 Å². The summed E-state index contributed by atoms with van der Waals surface area (Å²) in [5.74, 6) is 1.30. The summed E-state index contributed by atoms with van der Waals surface area (Å²) in [5, 5.41) is 2.96. The molecule has 2 N–H and O–H groups in total. The molecule has 0 aliphatic rings. The van der Waals surface area contributed by atoms with E-state index in [1.54, 1.807) is 0 Å². The van der Waals surface area contributed by atoms with Gasteiger partial charge < -0.3 is 10.3 Å². The van der Waals surface area contributed by atoms with Crippen molar-refractivity contribution in [3.05, 3.63) is 59.9 Å². The third kappa shape index (κ3) is 3.65. The molecule has 4 nitrogen and oxygen atoms in total. The number of rotatable bonds is 5. The fourth-order valence-corrected chi connectivity index (χ4v) is 2.71. The summed E-state index contributed by atoms with van der Waals surface area (Å²) < 4.78 is 0. The number of amides is 1. The molecule has 2 aromatic carbocycles. The monoisotopic (exact) mass is 321 g/mol. The lowest BCUT2D eigenvalue weighted by molar-refractivity contribution is -0.119. The van der Waals surface area contributed by atoms with E-state index >= 15 is 0 Å². The third-order valence-corrected chi connectivity index (χ3v) is 4.14. The van der Waals surface area contributed by atoms with Crippen LogP contribution in [0.15, 0.2) is 48.5 Å². The average molecular weight is 321 g/mol. The van der Waals surface area contributed by atoms with Gasteiger partial charge in [0.1, 0.15) is 5.82 Å². The Balaban J connectivity index is 1.70. The molecule has 1 heterocycles. The molecular weight excluding hydrogens is 298 g/mol. The summed E-state index contributed by atoms with van der Waals surface area (Å²) in [4.78, 5) is 20.3. The van der Waals surface area contributed by atoms with Gasteiger partial charge in [-0.1, -0.05) is 45.0 Å². The summed E-state index contributed by atoms with van der Waals surface area (Å²) in [6, 6.07) is 15.7. The molecule has 4 heteroatoms. The molecule has 124 valence electrons. The molecule has 1 aromatic heterocycles. The molecule has 1 unspecified atom stereocenters. The van der Waals surface area contributed by atoms with Gasteiger partial charge in [-0.3, -0.25) is 4.79 Å². The van der Waals surface area contributed by atoms with Crippen LogP contribution in [-0.2, 0) is 11.2 Å². The first-order valence-electron chi connectivity index (χ1n) is 8.37. The molecule has 0 bridgehead atoms. The van der Waals surface area contributed by atoms with E-state index in [2.05, 4.69) is 41.3 Å². The number of fused-ring (bicyclic) bond motifs is 1. The smallest absolute Gasteiger partial charge is 0.227 e. The van der Waals surface area contributed by atoms with Crippen molar-refractivity contribution in [1.82, 2.24) is 9.97 Å². The van der Waals surface area contributed by atoms with Crippen LogP contribution in [0.3, 0.4) is 0 Å². The number of nitrogens with one attached hydrogen (secondary N) is 2. The lowest BCUT2D eigenvalue weighted by atomic mass is 10.00. The quantitative estimate of drug-likeness (QED) is 0.726. The first-order valence-corrected chi connectivity index (χ1v) is 8.37. The van der Waals surface area contributed by atoms with Crippen LogP contribution in [-0.4, -0.2) is 15.9 Å². The molecule has 1 amide bonds. The van der Waals surface area contributed by atoms with Crippen molar-refractivity contribution in [2.75, 3.05) is 5.32 Å². The van der Waals surface area contributed by atoms with Crippen LogP contribution in [0.4, 0.5) is 5.69 Å². The number of nitrogens with zero attached hydrogens (tertiary/aromatic N) is 1. The van der Waals surface area contributed by atoms with Gasteiger partial charge in [0.2, 0.25) is 5.91 Å². The van der Waals surface area contributed by atoms with Gasteiger partial charge in [-0.15, -0.1) is 0 Å². The van der Waals surface area contributed by atoms with E-state index in [-0.39, 0.29) is 11.8 Å². The molecule has 0 radical (unpaired) electrons. The predicted octanol–water partition coefficient (Wildman–Crippen LogP) is 4.50. The highest BCUT2D eigenvalue weighted by Crippen LogP contribution is 2.20. The van der Waals surface area contributed by atoms with Crippen molar-refractivity contribution in [3.63, 3.8) is 0 Å². The molecule has 0 aliphatic carbocycles. The summed E-state index contributed by atoms with van der Waals surface area (Å²) in [6.45, 7) is 6.19. The molecule has 24 heavy (non-hydrogen) atoms. The zero-order valence-corrected chi connectivity index (χ0v) is 14.3. The minimum atomic E-state index is -0.102. The Hall–Kier alpha value is -2.62. The SMILES string of the molecule is CC(Cc1ccc2nc(C(C)C)[nH]c2c1)C(=O)Nc1ccccc1. The number of imidazole rings is 1. The zero-order chi connectivity index (χ0) is 17.1. The highest BCUT2D eigenvalue weighted by Gasteiger charge is 2.15. The van der Waals surface area contributed by atoms with Crippen LogP contribution >= 0.6 is 0 Å². The third-order valence-electron chi connectivity index (χ3n) is 4.14. The number of aromatic nitrogens is 2. The maximum atomic E-state index is 12.3. The van der Waals surface area contributed by atoms with Crippen LogP contribution in [0, 0.1) is 5.92 Å². The second kappa shape index (κ2) is 6.87. The van der Waals surface area contributed by atoms with Gasteiger partial charge in [0.05, 0.1) is 11.0 Å². The van der Waals surface area contributed by atoms with Gasteiger partial charge in [-0.25, -0.2) is 4.98 Å². The second-order valence-electron chi connectivity index (χ2n) is 6.59. The second-order valence-corrected chi connectivity index (χ2v) is 6.59. The van der Waals surface area contributed by atoms with E-state index in [1.165, 1.54) is 0 Å². The largest absolute Gasteiger partial charge is 0.342 e. The summed E-state index contributed by atoms with van der Waals surface area (Å²) in [6.07, 6.45) is 0.699. The Labute approximate surface area is 142 Å². The molecule has 0 saturated heterocycles. The molecule has 0 saturated carbocycles. The minimum absolute atomic E-state index is 0.0359. The number of hydrogen-bond acceptors (Lipinski definition) is 2. The number of hydrogen-bond donors (Lipinski definition) is 2. The van der Waals surface area contributed by atoms with E-state index in [1.807, 2.05) is 43.3 Å².